The van der Waals surface area contributed by atoms with Crippen molar-refractivity contribution in [2.45, 2.75) is 11.9 Å². The van der Waals surface area contributed by atoms with Crippen LogP contribution in [-0.2, 0) is 11.3 Å². The summed E-state index contributed by atoms with van der Waals surface area (Å²) in [7, 11) is 0. The topological polar surface area (TPSA) is 51.0 Å². The van der Waals surface area contributed by atoms with Crippen LogP contribution in [0.3, 0.4) is 0 Å². The van der Waals surface area contributed by atoms with Gasteiger partial charge in [0.15, 0.2) is 0 Å². The van der Waals surface area contributed by atoms with Gasteiger partial charge in [-0.3, -0.25) is 4.79 Å². The first-order valence-electron chi connectivity index (χ1n) is 6.23. The van der Waals surface area contributed by atoms with Gasteiger partial charge in [-0.25, -0.2) is 9.67 Å². The van der Waals surface area contributed by atoms with Crippen molar-refractivity contribution >= 4 is 29.3 Å². The number of benzene rings is 1. The van der Waals surface area contributed by atoms with Gasteiger partial charge >= 0.3 is 0 Å². The van der Waals surface area contributed by atoms with Crippen molar-refractivity contribution in [2.75, 3.05) is 12.3 Å². The molecule has 1 aromatic carbocycles. The highest BCUT2D eigenvalue weighted by Crippen LogP contribution is 2.38. The molecule has 104 valence electrons. The second-order valence-corrected chi connectivity index (χ2v) is 6.08. The lowest BCUT2D eigenvalue weighted by molar-refractivity contribution is -0.132. The number of halogens is 1. The van der Waals surface area contributed by atoms with Gasteiger partial charge in [0.25, 0.3) is 0 Å². The van der Waals surface area contributed by atoms with Gasteiger partial charge in [-0.15, -0.1) is 11.8 Å². The summed E-state index contributed by atoms with van der Waals surface area (Å²) in [5, 5.41) is 4.70. The third-order valence-electron chi connectivity index (χ3n) is 3.11. The summed E-state index contributed by atoms with van der Waals surface area (Å²) in [6, 6.07) is 7.67. The number of carbonyl (C=O) groups excluding carboxylic acids is 1. The molecule has 20 heavy (non-hydrogen) atoms. The molecule has 1 saturated heterocycles. The molecule has 0 saturated carbocycles. The van der Waals surface area contributed by atoms with Gasteiger partial charge in [0.2, 0.25) is 5.91 Å². The zero-order valence-corrected chi connectivity index (χ0v) is 12.2. The number of rotatable bonds is 3. The minimum Gasteiger partial charge on any atom is -0.324 e. The summed E-state index contributed by atoms with van der Waals surface area (Å²) in [6.07, 6.45) is 2.98. The van der Waals surface area contributed by atoms with Gasteiger partial charge < -0.3 is 4.90 Å². The Labute approximate surface area is 125 Å². The van der Waals surface area contributed by atoms with Crippen LogP contribution in [0.2, 0.25) is 5.02 Å². The third-order valence-corrected chi connectivity index (χ3v) is 4.60. The summed E-state index contributed by atoms with van der Waals surface area (Å²) in [5.41, 5.74) is 1.06. The van der Waals surface area contributed by atoms with Gasteiger partial charge in [-0.2, -0.15) is 5.10 Å². The Hall–Kier alpha value is -1.53. The lowest BCUT2D eigenvalue weighted by atomic mass is 10.2. The van der Waals surface area contributed by atoms with E-state index in [9.17, 15) is 4.79 Å². The van der Waals surface area contributed by atoms with E-state index < -0.39 is 0 Å². The Morgan fingerprint density at radius 2 is 2.40 bits per heavy atom. The Bertz CT molecular complexity index is 604. The Kier molecular flexibility index (Phi) is 3.93. The van der Waals surface area contributed by atoms with Crippen LogP contribution in [-0.4, -0.2) is 37.9 Å². The molecule has 3 rings (SSSR count). The minimum absolute atomic E-state index is 0.0321. The molecule has 7 heteroatoms. The number of hydrogen-bond donors (Lipinski definition) is 0. The van der Waals surface area contributed by atoms with Gasteiger partial charge in [0.1, 0.15) is 24.6 Å². The monoisotopic (exact) mass is 308 g/mol. The van der Waals surface area contributed by atoms with Gasteiger partial charge in [-0.1, -0.05) is 23.7 Å². The summed E-state index contributed by atoms with van der Waals surface area (Å²) in [4.78, 5) is 18.1. The molecule has 0 aliphatic carbocycles. The smallest absolute Gasteiger partial charge is 0.245 e. The number of amides is 1. The highest BCUT2D eigenvalue weighted by Gasteiger charge is 2.30. The van der Waals surface area contributed by atoms with Crippen molar-refractivity contribution in [3.05, 3.63) is 47.5 Å². The molecular formula is C13H13ClN4OS. The number of thioether (sulfide) groups is 1. The van der Waals surface area contributed by atoms with E-state index in [1.165, 1.54) is 6.33 Å². The van der Waals surface area contributed by atoms with Crippen molar-refractivity contribution < 1.29 is 4.79 Å². The summed E-state index contributed by atoms with van der Waals surface area (Å²) < 4.78 is 1.54. The molecule has 0 bridgehead atoms. The highest BCUT2D eigenvalue weighted by molar-refractivity contribution is 7.99. The van der Waals surface area contributed by atoms with Crippen LogP contribution in [0, 0.1) is 0 Å². The molecule has 1 fully saturated rings. The second-order valence-electron chi connectivity index (χ2n) is 4.46. The van der Waals surface area contributed by atoms with Crippen LogP contribution in [0.15, 0.2) is 36.9 Å². The fourth-order valence-electron chi connectivity index (χ4n) is 2.21. The summed E-state index contributed by atoms with van der Waals surface area (Å²) in [5.74, 6) is 0.978. The Balaban J connectivity index is 1.77. The first kappa shape index (κ1) is 13.5. The predicted molar refractivity (Wildman–Crippen MR) is 78.4 cm³/mol. The number of carbonyl (C=O) groups is 1. The number of aromatic nitrogens is 3. The van der Waals surface area contributed by atoms with Crippen LogP contribution < -0.4 is 0 Å². The predicted octanol–water partition coefficient (Wildman–Crippen LogP) is 2.21. The molecule has 2 aromatic rings. The average molecular weight is 309 g/mol. The SMILES string of the molecule is O=C(Cn1cncn1)N1CCSC1c1cccc(Cl)c1. The molecule has 2 heterocycles. The first-order chi connectivity index (χ1) is 9.74. The molecule has 5 nitrogen and oxygen atoms in total. The van der Waals surface area contributed by atoms with E-state index in [4.69, 9.17) is 11.6 Å². The van der Waals surface area contributed by atoms with Gasteiger partial charge in [-0.05, 0) is 17.7 Å². The maximum Gasteiger partial charge on any atom is 0.245 e. The lowest BCUT2D eigenvalue weighted by Gasteiger charge is -2.24. The highest BCUT2D eigenvalue weighted by atomic mass is 35.5. The molecular weight excluding hydrogens is 296 g/mol. The molecule has 1 aromatic heterocycles. The van der Waals surface area contributed by atoms with Gasteiger partial charge in [0, 0.05) is 17.3 Å². The van der Waals surface area contributed by atoms with Crippen LogP contribution in [0.5, 0.6) is 0 Å². The minimum atomic E-state index is 0.0321. The lowest BCUT2D eigenvalue weighted by Crippen LogP contribution is -2.33. The average Bonchev–Trinajstić information content (AvgIpc) is 3.09. The molecule has 1 amide bonds. The Morgan fingerprint density at radius 3 is 3.15 bits per heavy atom. The molecule has 1 aliphatic rings. The zero-order chi connectivity index (χ0) is 13.9. The first-order valence-corrected chi connectivity index (χ1v) is 7.65. The van der Waals surface area contributed by atoms with E-state index in [0.29, 0.717) is 5.02 Å². The van der Waals surface area contributed by atoms with Crippen LogP contribution in [0.1, 0.15) is 10.9 Å². The third kappa shape index (κ3) is 2.81. The van der Waals surface area contributed by atoms with E-state index in [2.05, 4.69) is 10.1 Å². The van der Waals surface area contributed by atoms with E-state index >= 15 is 0 Å². The van der Waals surface area contributed by atoms with Crippen LogP contribution >= 0.6 is 23.4 Å². The summed E-state index contributed by atoms with van der Waals surface area (Å²) in [6.45, 7) is 0.965. The maximum absolute atomic E-state index is 12.4. The standard InChI is InChI=1S/C13H13ClN4OS/c14-11-3-1-2-10(6-11)13-18(4-5-20-13)12(19)7-17-9-15-8-16-17/h1-3,6,8-9,13H,4-5,7H2. The number of nitrogens with zero attached hydrogens (tertiary/aromatic N) is 4. The summed E-state index contributed by atoms with van der Waals surface area (Å²) >= 11 is 7.78. The van der Waals surface area contributed by atoms with E-state index in [-0.39, 0.29) is 17.8 Å². The molecule has 0 N–H and O–H groups in total. The molecule has 1 aliphatic heterocycles. The second kappa shape index (κ2) is 5.85. The van der Waals surface area contributed by atoms with E-state index in [1.54, 1.807) is 22.8 Å². The van der Waals surface area contributed by atoms with E-state index in [0.717, 1.165) is 17.9 Å². The normalized spacial score (nSPS) is 18.4. The van der Waals surface area contributed by atoms with Crippen molar-refractivity contribution in [1.29, 1.82) is 0 Å². The Morgan fingerprint density at radius 1 is 1.50 bits per heavy atom. The fraction of sp³-hybridized carbons (Fsp3) is 0.308. The number of hydrogen-bond acceptors (Lipinski definition) is 4. The molecule has 0 spiro atoms. The van der Waals surface area contributed by atoms with E-state index in [1.807, 2.05) is 29.2 Å². The van der Waals surface area contributed by atoms with Gasteiger partial charge in [0.05, 0.1) is 0 Å². The zero-order valence-electron chi connectivity index (χ0n) is 10.6. The fourth-order valence-corrected chi connectivity index (χ4v) is 3.67. The largest absolute Gasteiger partial charge is 0.324 e. The molecule has 0 radical (unpaired) electrons. The van der Waals surface area contributed by atoms with Crippen molar-refractivity contribution in [2.24, 2.45) is 0 Å². The molecule has 1 unspecified atom stereocenters. The van der Waals surface area contributed by atoms with Crippen molar-refractivity contribution in [3.8, 4) is 0 Å². The van der Waals surface area contributed by atoms with Crippen LogP contribution in [0.4, 0.5) is 0 Å². The van der Waals surface area contributed by atoms with Crippen molar-refractivity contribution in [1.82, 2.24) is 19.7 Å². The van der Waals surface area contributed by atoms with Crippen LogP contribution in [0.25, 0.3) is 0 Å². The quantitative estimate of drug-likeness (QED) is 0.872. The maximum atomic E-state index is 12.4. The molecule has 1 atom stereocenters. The van der Waals surface area contributed by atoms with Crippen molar-refractivity contribution in [3.63, 3.8) is 0 Å².